The van der Waals surface area contributed by atoms with Crippen LogP contribution in [-0.4, -0.2) is 16.6 Å². The fraction of sp³-hybridized carbons (Fsp3) is 0.167. The zero-order valence-electron chi connectivity index (χ0n) is 8.48. The number of fused-ring (bicyclic) bond motifs is 1. The summed E-state index contributed by atoms with van der Waals surface area (Å²) in [5.41, 5.74) is 3.01. The molecule has 0 saturated carbocycles. The Kier molecular flexibility index (Phi) is 2.26. The van der Waals surface area contributed by atoms with Gasteiger partial charge in [-0.3, -0.25) is 0 Å². The molecule has 1 aliphatic heterocycles. The van der Waals surface area contributed by atoms with Gasteiger partial charge in [-0.05, 0) is 5.56 Å². The molecule has 1 aromatic carbocycles. The second-order valence-electron chi connectivity index (χ2n) is 3.62. The van der Waals surface area contributed by atoms with Gasteiger partial charge in [-0.1, -0.05) is 29.8 Å². The van der Waals surface area contributed by atoms with Gasteiger partial charge in [0.05, 0.1) is 6.61 Å². The predicted molar refractivity (Wildman–Crippen MR) is 61.7 cm³/mol. The summed E-state index contributed by atoms with van der Waals surface area (Å²) in [5.74, 6) is 0.916. The average Bonchev–Trinajstić information content (AvgIpc) is 2.77. The molecular weight excluding hydrogens is 224 g/mol. The summed E-state index contributed by atoms with van der Waals surface area (Å²) in [6, 6.07) is 6.06. The highest BCUT2D eigenvalue weighted by Crippen LogP contribution is 2.38. The maximum absolute atomic E-state index is 6.05. The molecule has 0 saturated heterocycles. The number of halogens is 1. The minimum absolute atomic E-state index is 0.457. The molecule has 80 valence electrons. The monoisotopic (exact) mass is 232 g/mol. The van der Waals surface area contributed by atoms with Crippen molar-refractivity contribution in [3.05, 3.63) is 41.4 Å². The largest absolute Gasteiger partial charge is 0.492 e. The highest BCUT2D eigenvalue weighted by Gasteiger charge is 2.18. The zero-order valence-corrected chi connectivity index (χ0v) is 9.24. The van der Waals surface area contributed by atoms with Crippen LogP contribution in [-0.2, 0) is 6.42 Å². The summed E-state index contributed by atoms with van der Waals surface area (Å²) in [6.45, 7) is 0.734. The Bertz CT molecular complexity index is 542. The fourth-order valence-corrected chi connectivity index (χ4v) is 2.12. The lowest BCUT2D eigenvalue weighted by Crippen LogP contribution is -1.90. The zero-order chi connectivity index (χ0) is 11.0. The first-order valence-electron chi connectivity index (χ1n) is 5.07. The quantitative estimate of drug-likeness (QED) is 0.710. The van der Waals surface area contributed by atoms with Crippen molar-refractivity contribution in [2.24, 2.45) is 0 Å². The van der Waals surface area contributed by atoms with Gasteiger partial charge in [0.15, 0.2) is 0 Å². The van der Waals surface area contributed by atoms with E-state index in [9.17, 15) is 0 Å². The Morgan fingerprint density at radius 3 is 3.06 bits per heavy atom. The van der Waals surface area contributed by atoms with Crippen LogP contribution >= 0.6 is 11.6 Å². The van der Waals surface area contributed by atoms with E-state index in [2.05, 4.69) is 16.0 Å². The van der Waals surface area contributed by atoms with E-state index < -0.39 is 0 Å². The predicted octanol–water partition coefficient (Wildman–Crippen LogP) is 2.73. The van der Waals surface area contributed by atoms with Crippen LogP contribution in [0.15, 0.2) is 30.7 Å². The third kappa shape index (κ3) is 1.44. The summed E-state index contributed by atoms with van der Waals surface area (Å²) >= 11 is 6.05. The van der Waals surface area contributed by atoms with Crippen molar-refractivity contribution in [3.63, 3.8) is 0 Å². The molecule has 1 aliphatic rings. The number of aromatic nitrogens is 2. The molecule has 0 amide bonds. The van der Waals surface area contributed by atoms with Gasteiger partial charge < -0.3 is 4.74 Å². The van der Waals surface area contributed by atoms with Crippen LogP contribution < -0.4 is 4.74 Å². The first-order chi connectivity index (χ1) is 7.86. The lowest BCUT2D eigenvalue weighted by atomic mass is 10.0. The molecule has 0 aliphatic carbocycles. The van der Waals surface area contributed by atoms with E-state index >= 15 is 0 Å². The van der Waals surface area contributed by atoms with E-state index in [1.807, 2.05) is 12.1 Å². The highest BCUT2D eigenvalue weighted by molar-refractivity contribution is 6.32. The molecule has 16 heavy (non-hydrogen) atoms. The van der Waals surface area contributed by atoms with E-state index in [1.165, 1.54) is 11.9 Å². The molecule has 2 aromatic rings. The van der Waals surface area contributed by atoms with Crippen molar-refractivity contribution in [1.82, 2.24) is 9.97 Å². The first-order valence-corrected chi connectivity index (χ1v) is 5.44. The lowest BCUT2D eigenvalue weighted by molar-refractivity contribution is 0.358. The molecular formula is C12H9ClN2O. The molecule has 0 atom stereocenters. The molecule has 3 rings (SSSR count). The summed E-state index contributed by atoms with van der Waals surface area (Å²) in [4.78, 5) is 7.98. The van der Waals surface area contributed by atoms with Crippen molar-refractivity contribution in [2.45, 2.75) is 6.42 Å². The Balaban J connectivity index is 2.21. The smallest absolute Gasteiger partial charge is 0.140 e. The van der Waals surface area contributed by atoms with E-state index in [0.29, 0.717) is 5.15 Å². The topological polar surface area (TPSA) is 35.0 Å². The van der Waals surface area contributed by atoms with Crippen LogP contribution in [0.3, 0.4) is 0 Å². The van der Waals surface area contributed by atoms with E-state index in [-0.39, 0.29) is 0 Å². The molecule has 1 aromatic heterocycles. The summed E-state index contributed by atoms with van der Waals surface area (Å²) < 4.78 is 5.62. The van der Waals surface area contributed by atoms with Crippen molar-refractivity contribution in [2.75, 3.05) is 6.61 Å². The Labute approximate surface area is 98.1 Å². The van der Waals surface area contributed by atoms with E-state index in [4.69, 9.17) is 16.3 Å². The summed E-state index contributed by atoms with van der Waals surface area (Å²) in [5, 5.41) is 0.457. The van der Waals surface area contributed by atoms with Gasteiger partial charge >= 0.3 is 0 Å². The number of nitrogens with zero attached hydrogens (tertiary/aromatic N) is 2. The van der Waals surface area contributed by atoms with Crippen LogP contribution in [0.5, 0.6) is 5.75 Å². The molecule has 0 fully saturated rings. The minimum Gasteiger partial charge on any atom is -0.492 e. The SMILES string of the molecule is Clc1ncncc1-c1cccc2c1OCC2. The van der Waals surface area contributed by atoms with Crippen LogP contribution in [0.2, 0.25) is 5.15 Å². The minimum atomic E-state index is 0.457. The number of para-hydroxylation sites is 1. The standard InChI is InChI=1S/C12H9ClN2O/c13-12-10(6-14-7-15-12)9-3-1-2-8-4-5-16-11(8)9/h1-3,6-7H,4-5H2. The van der Waals surface area contributed by atoms with Crippen LogP contribution in [0.1, 0.15) is 5.56 Å². The maximum atomic E-state index is 6.05. The van der Waals surface area contributed by atoms with Crippen LogP contribution in [0, 0.1) is 0 Å². The first kappa shape index (κ1) is 9.60. The number of benzene rings is 1. The van der Waals surface area contributed by atoms with E-state index in [0.717, 1.165) is 29.9 Å². The Morgan fingerprint density at radius 2 is 2.19 bits per heavy atom. The van der Waals surface area contributed by atoms with Crippen molar-refractivity contribution in [3.8, 4) is 16.9 Å². The highest BCUT2D eigenvalue weighted by atomic mass is 35.5. The molecule has 0 radical (unpaired) electrons. The molecule has 0 spiro atoms. The molecule has 0 bridgehead atoms. The number of hydrogen-bond acceptors (Lipinski definition) is 3. The van der Waals surface area contributed by atoms with Gasteiger partial charge in [-0.15, -0.1) is 0 Å². The third-order valence-corrected chi connectivity index (χ3v) is 2.97. The Hall–Kier alpha value is -1.61. The number of ether oxygens (including phenoxy) is 1. The van der Waals surface area contributed by atoms with Gasteiger partial charge in [-0.25, -0.2) is 9.97 Å². The molecule has 2 heterocycles. The molecule has 0 N–H and O–H groups in total. The van der Waals surface area contributed by atoms with Crippen molar-refractivity contribution >= 4 is 11.6 Å². The lowest BCUT2D eigenvalue weighted by Gasteiger charge is -2.08. The second-order valence-corrected chi connectivity index (χ2v) is 3.98. The van der Waals surface area contributed by atoms with Gasteiger partial charge in [0, 0.05) is 23.7 Å². The van der Waals surface area contributed by atoms with E-state index in [1.54, 1.807) is 6.20 Å². The number of hydrogen-bond donors (Lipinski definition) is 0. The molecule has 3 nitrogen and oxygen atoms in total. The fourth-order valence-electron chi connectivity index (χ4n) is 1.92. The summed E-state index contributed by atoms with van der Waals surface area (Å²) in [7, 11) is 0. The van der Waals surface area contributed by atoms with Crippen LogP contribution in [0.4, 0.5) is 0 Å². The van der Waals surface area contributed by atoms with Gasteiger partial charge in [-0.2, -0.15) is 0 Å². The van der Waals surface area contributed by atoms with Gasteiger partial charge in [0.25, 0.3) is 0 Å². The van der Waals surface area contributed by atoms with Crippen molar-refractivity contribution < 1.29 is 4.74 Å². The second kappa shape index (κ2) is 3.76. The molecule has 0 unspecified atom stereocenters. The maximum Gasteiger partial charge on any atom is 0.140 e. The molecule has 4 heteroatoms. The van der Waals surface area contributed by atoms with Crippen LogP contribution in [0.25, 0.3) is 11.1 Å². The van der Waals surface area contributed by atoms with Gasteiger partial charge in [0.1, 0.15) is 17.2 Å². The normalized spacial score (nSPS) is 13.3. The summed E-state index contributed by atoms with van der Waals surface area (Å²) in [6.07, 6.45) is 4.11. The van der Waals surface area contributed by atoms with Gasteiger partial charge in [0.2, 0.25) is 0 Å². The average molecular weight is 233 g/mol. The third-order valence-electron chi connectivity index (χ3n) is 2.67. The van der Waals surface area contributed by atoms with Crippen molar-refractivity contribution in [1.29, 1.82) is 0 Å². The number of rotatable bonds is 1. The Morgan fingerprint density at radius 1 is 1.25 bits per heavy atom.